The summed E-state index contributed by atoms with van der Waals surface area (Å²) < 4.78 is 0. The van der Waals surface area contributed by atoms with Crippen LogP contribution in [0.2, 0.25) is 0 Å². The molecular formula is C17H24N2. The van der Waals surface area contributed by atoms with Crippen molar-refractivity contribution in [3.63, 3.8) is 0 Å². The Balaban J connectivity index is 1.89. The highest BCUT2D eigenvalue weighted by Crippen LogP contribution is 2.15. The van der Waals surface area contributed by atoms with Gasteiger partial charge in [0, 0.05) is 19.1 Å². The Morgan fingerprint density at radius 3 is 2.79 bits per heavy atom. The second-order valence-electron chi connectivity index (χ2n) is 5.97. The Hall–Kier alpha value is -1.30. The number of nitrogens with one attached hydrogen (secondary N) is 1. The average Bonchev–Trinajstić information content (AvgIpc) is 2.40. The molecule has 0 aliphatic carbocycles. The van der Waals surface area contributed by atoms with E-state index in [4.69, 9.17) is 6.42 Å². The summed E-state index contributed by atoms with van der Waals surface area (Å²) in [7, 11) is 0. The van der Waals surface area contributed by atoms with Crippen LogP contribution < -0.4 is 5.32 Å². The lowest BCUT2D eigenvalue weighted by molar-refractivity contribution is 0.172. The van der Waals surface area contributed by atoms with Crippen LogP contribution >= 0.6 is 0 Å². The average molecular weight is 256 g/mol. The summed E-state index contributed by atoms with van der Waals surface area (Å²) in [5, 5.41) is 3.58. The minimum atomic E-state index is -0.208. The Labute approximate surface area is 117 Å². The molecule has 0 saturated carbocycles. The molecule has 1 aromatic rings. The monoisotopic (exact) mass is 256 g/mol. The number of piperidine rings is 1. The van der Waals surface area contributed by atoms with Crippen LogP contribution in [0.15, 0.2) is 30.3 Å². The zero-order valence-corrected chi connectivity index (χ0v) is 12.0. The maximum Gasteiger partial charge on any atom is 0.0743 e. The highest BCUT2D eigenvalue weighted by Gasteiger charge is 2.24. The third kappa shape index (κ3) is 4.38. The number of benzene rings is 1. The summed E-state index contributed by atoms with van der Waals surface area (Å²) >= 11 is 0. The van der Waals surface area contributed by atoms with Crippen molar-refractivity contribution in [1.29, 1.82) is 0 Å². The van der Waals surface area contributed by atoms with Crippen LogP contribution in [0.5, 0.6) is 0 Å². The van der Waals surface area contributed by atoms with Gasteiger partial charge >= 0.3 is 0 Å². The normalized spacial score (nSPS) is 21.0. The lowest BCUT2D eigenvalue weighted by Crippen LogP contribution is -2.52. The summed E-state index contributed by atoms with van der Waals surface area (Å²) in [5.41, 5.74) is 1.18. The van der Waals surface area contributed by atoms with Crippen LogP contribution in [0.3, 0.4) is 0 Å². The summed E-state index contributed by atoms with van der Waals surface area (Å²) in [5.74, 6) is 2.82. The largest absolute Gasteiger partial charge is 0.298 e. The molecule has 2 heteroatoms. The first-order valence-corrected chi connectivity index (χ1v) is 7.11. The summed E-state index contributed by atoms with van der Waals surface area (Å²) in [4.78, 5) is 2.52. The molecule has 102 valence electrons. The zero-order valence-electron chi connectivity index (χ0n) is 12.0. The van der Waals surface area contributed by atoms with Crippen molar-refractivity contribution < 1.29 is 0 Å². The Bertz CT molecular complexity index is 430. The van der Waals surface area contributed by atoms with Crippen LogP contribution in [0.25, 0.3) is 0 Å². The van der Waals surface area contributed by atoms with E-state index in [9.17, 15) is 0 Å². The van der Waals surface area contributed by atoms with Gasteiger partial charge in [0.15, 0.2) is 0 Å². The number of nitrogens with zero attached hydrogens (tertiary/aromatic N) is 1. The van der Waals surface area contributed by atoms with E-state index in [1.54, 1.807) is 0 Å². The smallest absolute Gasteiger partial charge is 0.0743 e. The molecule has 0 amide bonds. The molecule has 2 rings (SSSR count). The fourth-order valence-corrected chi connectivity index (χ4v) is 2.71. The number of likely N-dealkylation sites (tertiary alicyclic amines) is 1. The van der Waals surface area contributed by atoms with Gasteiger partial charge in [0.05, 0.1) is 5.54 Å². The second-order valence-corrected chi connectivity index (χ2v) is 5.97. The first-order chi connectivity index (χ1) is 9.09. The number of hydrogen-bond donors (Lipinski definition) is 1. The molecule has 1 aliphatic rings. The van der Waals surface area contributed by atoms with E-state index in [1.807, 2.05) is 0 Å². The molecule has 2 nitrogen and oxygen atoms in total. The maximum absolute atomic E-state index is 5.56. The standard InChI is InChI=1S/C17H24N2/c1-4-17(2,3)18-16-11-8-12-19(14-16)13-15-9-6-5-7-10-15/h1,5-7,9-10,16,18H,8,11-14H2,2-3H3. The molecule has 1 aliphatic heterocycles. The minimum Gasteiger partial charge on any atom is -0.298 e. The second kappa shape index (κ2) is 6.23. The third-order valence-electron chi connectivity index (χ3n) is 3.68. The predicted octanol–water partition coefficient (Wildman–Crippen LogP) is 2.65. The molecule has 0 aromatic heterocycles. The third-order valence-corrected chi connectivity index (χ3v) is 3.68. The van der Waals surface area contributed by atoms with Gasteiger partial charge in [-0.2, -0.15) is 0 Å². The van der Waals surface area contributed by atoms with E-state index in [2.05, 4.69) is 60.3 Å². The van der Waals surface area contributed by atoms with Gasteiger partial charge < -0.3 is 0 Å². The lowest BCUT2D eigenvalue weighted by Gasteiger charge is -2.36. The zero-order chi connectivity index (χ0) is 13.7. The van der Waals surface area contributed by atoms with Crippen LogP contribution in [0, 0.1) is 12.3 Å². The first kappa shape index (κ1) is 14.1. The summed E-state index contributed by atoms with van der Waals surface area (Å²) in [6.07, 6.45) is 8.02. The van der Waals surface area contributed by atoms with E-state index in [-0.39, 0.29) is 5.54 Å². The van der Waals surface area contributed by atoms with Crippen LogP contribution in [0.1, 0.15) is 32.3 Å². The van der Waals surface area contributed by atoms with Crippen molar-refractivity contribution in [3.8, 4) is 12.3 Å². The van der Waals surface area contributed by atoms with Crippen molar-refractivity contribution in [1.82, 2.24) is 10.2 Å². The molecule has 1 aromatic carbocycles. The van der Waals surface area contributed by atoms with Crippen molar-refractivity contribution in [3.05, 3.63) is 35.9 Å². The van der Waals surface area contributed by atoms with E-state index < -0.39 is 0 Å². The maximum atomic E-state index is 5.56. The SMILES string of the molecule is C#CC(C)(C)NC1CCCN(Cc2ccccc2)C1. The Morgan fingerprint density at radius 2 is 2.11 bits per heavy atom. The molecule has 1 atom stereocenters. The predicted molar refractivity (Wildman–Crippen MR) is 80.8 cm³/mol. The van der Waals surface area contributed by atoms with Crippen molar-refractivity contribution >= 4 is 0 Å². The van der Waals surface area contributed by atoms with Crippen molar-refractivity contribution in [2.24, 2.45) is 0 Å². The Morgan fingerprint density at radius 1 is 1.37 bits per heavy atom. The van der Waals surface area contributed by atoms with E-state index in [0.29, 0.717) is 6.04 Å². The fraction of sp³-hybridized carbons (Fsp3) is 0.529. The molecule has 0 spiro atoms. The minimum absolute atomic E-state index is 0.208. The van der Waals surface area contributed by atoms with Crippen molar-refractivity contribution in [2.45, 2.75) is 44.8 Å². The van der Waals surface area contributed by atoms with Gasteiger partial charge in [-0.25, -0.2) is 0 Å². The van der Waals surface area contributed by atoms with Crippen LogP contribution in [-0.4, -0.2) is 29.6 Å². The topological polar surface area (TPSA) is 15.3 Å². The molecule has 0 radical (unpaired) electrons. The molecule has 1 saturated heterocycles. The van der Waals surface area contributed by atoms with Gasteiger partial charge in [-0.3, -0.25) is 10.2 Å². The summed E-state index contributed by atoms with van der Waals surface area (Å²) in [6, 6.07) is 11.2. The van der Waals surface area contributed by atoms with Gasteiger partial charge in [-0.1, -0.05) is 36.3 Å². The first-order valence-electron chi connectivity index (χ1n) is 7.11. The van der Waals surface area contributed by atoms with Gasteiger partial charge in [-0.15, -0.1) is 6.42 Å². The van der Waals surface area contributed by atoms with Gasteiger partial charge in [0.2, 0.25) is 0 Å². The molecule has 1 fully saturated rings. The van der Waals surface area contributed by atoms with Crippen LogP contribution in [0.4, 0.5) is 0 Å². The molecule has 1 heterocycles. The number of rotatable bonds is 4. The van der Waals surface area contributed by atoms with Crippen LogP contribution in [-0.2, 0) is 6.54 Å². The highest BCUT2D eigenvalue weighted by molar-refractivity contribution is 5.14. The molecule has 0 bridgehead atoms. The van der Waals surface area contributed by atoms with E-state index in [1.165, 1.54) is 24.9 Å². The van der Waals surface area contributed by atoms with E-state index >= 15 is 0 Å². The lowest BCUT2D eigenvalue weighted by atomic mass is 9.99. The quantitative estimate of drug-likeness (QED) is 0.833. The van der Waals surface area contributed by atoms with Crippen molar-refractivity contribution in [2.75, 3.05) is 13.1 Å². The number of terminal acetylenes is 1. The molecule has 1 unspecified atom stereocenters. The van der Waals surface area contributed by atoms with Gasteiger partial charge in [0.25, 0.3) is 0 Å². The molecule has 1 N–H and O–H groups in total. The van der Waals surface area contributed by atoms with Gasteiger partial charge in [-0.05, 0) is 38.8 Å². The number of hydrogen-bond acceptors (Lipinski definition) is 2. The molecular weight excluding hydrogens is 232 g/mol. The fourth-order valence-electron chi connectivity index (χ4n) is 2.71. The molecule has 19 heavy (non-hydrogen) atoms. The van der Waals surface area contributed by atoms with Gasteiger partial charge in [0.1, 0.15) is 0 Å². The van der Waals surface area contributed by atoms with E-state index in [0.717, 1.165) is 13.1 Å². The highest BCUT2D eigenvalue weighted by atomic mass is 15.2. The Kier molecular flexibility index (Phi) is 4.63. The summed E-state index contributed by atoms with van der Waals surface area (Å²) in [6.45, 7) is 7.45.